The third-order valence-corrected chi connectivity index (χ3v) is 2.84. The van der Waals surface area contributed by atoms with Crippen molar-refractivity contribution in [1.82, 2.24) is 0 Å². The van der Waals surface area contributed by atoms with Gasteiger partial charge in [-0.1, -0.05) is 0 Å². The third-order valence-electron chi connectivity index (χ3n) is 2.84. The Labute approximate surface area is 125 Å². The molecule has 1 rings (SSSR count). The van der Waals surface area contributed by atoms with Gasteiger partial charge >= 0.3 is 6.09 Å². The van der Waals surface area contributed by atoms with E-state index in [1.165, 1.54) is 7.11 Å². The number of carbonyl (C=O) groups excluding carboxylic acids is 1. The van der Waals surface area contributed by atoms with Gasteiger partial charge in [-0.3, -0.25) is 5.32 Å². The maximum absolute atomic E-state index is 11.9. The van der Waals surface area contributed by atoms with Gasteiger partial charge in [0.05, 0.1) is 12.8 Å². The van der Waals surface area contributed by atoms with Crippen LogP contribution in [-0.4, -0.2) is 30.5 Å². The van der Waals surface area contributed by atoms with Crippen LogP contribution < -0.4 is 15.8 Å². The van der Waals surface area contributed by atoms with Gasteiger partial charge in [0.25, 0.3) is 0 Å². The number of nitrogens with two attached hydrogens (primary N) is 1. The zero-order chi connectivity index (χ0) is 16.3. The molecule has 1 aromatic carbocycles. The molecule has 6 heteroatoms. The third kappa shape index (κ3) is 4.91. The van der Waals surface area contributed by atoms with Gasteiger partial charge in [0.15, 0.2) is 0 Å². The maximum Gasteiger partial charge on any atom is 0.412 e. The predicted molar refractivity (Wildman–Crippen MR) is 81.5 cm³/mol. The molecule has 0 aliphatic heterocycles. The summed E-state index contributed by atoms with van der Waals surface area (Å²) in [5.74, 6) is 0.563. The first-order valence-corrected chi connectivity index (χ1v) is 6.70. The summed E-state index contributed by atoms with van der Waals surface area (Å²) >= 11 is 0. The molecule has 1 amide bonds. The van der Waals surface area contributed by atoms with Gasteiger partial charge in [-0.25, -0.2) is 4.79 Å². The molecule has 0 heterocycles. The van der Waals surface area contributed by atoms with Crippen molar-refractivity contribution >= 4 is 11.8 Å². The molecule has 4 N–H and O–H groups in total. The van der Waals surface area contributed by atoms with Crippen LogP contribution in [-0.2, 0) is 10.3 Å². The molecular formula is C15H24N2O4. The number of benzene rings is 1. The summed E-state index contributed by atoms with van der Waals surface area (Å²) in [6.45, 7) is 6.90. The molecule has 118 valence electrons. The summed E-state index contributed by atoms with van der Waals surface area (Å²) in [6.07, 6.45) is -0.596. The number of rotatable bonds is 4. The van der Waals surface area contributed by atoms with E-state index in [9.17, 15) is 9.90 Å². The summed E-state index contributed by atoms with van der Waals surface area (Å²) < 4.78 is 10.3. The molecular weight excluding hydrogens is 272 g/mol. The van der Waals surface area contributed by atoms with E-state index in [4.69, 9.17) is 15.2 Å². The fourth-order valence-corrected chi connectivity index (χ4v) is 1.73. The average molecular weight is 296 g/mol. The van der Waals surface area contributed by atoms with Crippen LogP contribution in [0.4, 0.5) is 10.5 Å². The van der Waals surface area contributed by atoms with Crippen LogP contribution in [0.15, 0.2) is 18.2 Å². The quantitative estimate of drug-likeness (QED) is 0.792. The molecule has 21 heavy (non-hydrogen) atoms. The van der Waals surface area contributed by atoms with Gasteiger partial charge in [0, 0.05) is 12.1 Å². The minimum Gasteiger partial charge on any atom is -0.497 e. The van der Waals surface area contributed by atoms with Crippen molar-refractivity contribution in [3.05, 3.63) is 23.8 Å². The van der Waals surface area contributed by atoms with Crippen LogP contribution >= 0.6 is 0 Å². The normalized spacial score (nSPS) is 14.2. The molecule has 1 aromatic rings. The number of aliphatic hydroxyl groups is 1. The highest BCUT2D eigenvalue weighted by Crippen LogP contribution is 2.31. The summed E-state index contributed by atoms with van der Waals surface area (Å²) in [4.78, 5) is 11.9. The highest BCUT2D eigenvalue weighted by molar-refractivity contribution is 5.86. The van der Waals surface area contributed by atoms with E-state index in [1.807, 2.05) is 0 Å². The molecule has 0 aromatic heterocycles. The number of hydrogen-bond donors (Lipinski definition) is 3. The Bertz CT molecular complexity index is 507. The van der Waals surface area contributed by atoms with Gasteiger partial charge in [0.2, 0.25) is 0 Å². The van der Waals surface area contributed by atoms with E-state index < -0.39 is 17.3 Å². The first kappa shape index (κ1) is 17.3. The van der Waals surface area contributed by atoms with Crippen LogP contribution in [0.2, 0.25) is 0 Å². The first-order valence-electron chi connectivity index (χ1n) is 6.70. The second kappa shape index (κ2) is 6.32. The van der Waals surface area contributed by atoms with E-state index in [0.717, 1.165) is 0 Å². The lowest BCUT2D eigenvalue weighted by Gasteiger charge is -2.26. The SMILES string of the molecule is COc1ccc(NC(=O)OC(C)(C)C)c(C(C)(O)CN)c1. The zero-order valence-electron chi connectivity index (χ0n) is 13.2. The topological polar surface area (TPSA) is 93.8 Å². The molecule has 0 radical (unpaired) electrons. The lowest BCUT2D eigenvalue weighted by atomic mass is 9.94. The number of hydrogen-bond acceptors (Lipinski definition) is 5. The molecule has 6 nitrogen and oxygen atoms in total. The molecule has 0 aliphatic carbocycles. The van der Waals surface area contributed by atoms with Crippen molar-refractivity contribution in [3.63, 3.8) is 0 Å². The molecule has 0 aliphatic rings. The highest BCUT2D eigenvalue weighted by atomic mass is 16.6. The Hall–Kier alpha value is -1.79. The fraction of sp³-hybridized carbons (Fsp3) is 0.533. The second-order valence-electron chi connectivity index (χ2n) is 6.02. The van der Waals surface area contributed by atoms with Gasteiger partial charge < -0.3 is 20.3 Å². The van der Waals surface area contributed by atoms with Gasteiger partial charge in [-0.05, 0) is 45.9 Å². The van der Waals surface area contributed by atoms with Gasteiger partial charge in [-0.15, -0.1) is 0 Å². The van der Waals surface area contributed by atoms with Crippen LogP contribution in [0.5, 0.6) is 5.75 Å². The van der Waals surface area contributed by atoms with E-state index in [0.29, 0.717) is 17.0 Å². The highest BCUT2D eigenvalue weighted by Gasteiger charge is 2.26. The Balaban J connectivity index is 3.09. The van der Waals surface area contributed by atoms with Crippen molar-refractivity contribution in [2.45, 2.75) is 38.9 Å². The Kier molecular flexibility index (Phi) is 5.20. The molecule has 0 fully saturated rings. The zero-order valence-corrected chi connectivity index (χ0v) is 13.2. The smallest absolute Gasteiger partial charge is 0.412 e. The predicted octanol–water partition coefficient (Wildman–Crippen LogP) is 2.21. The number of amides is 1. The van der Waals surface area contributed by atoms with E-state index >= 15 is 0 Å². The number of nitrogens with one attached hydrogen (secondary N) is 1. The van der Waals surface area contributed by atoms with E-state index in [-0.39, 0.29) is 6.54 Å². The average Bonchev–Trinajstić information content (AvgIpc) is 2.36. The summed E-state index contributed by atoms with van der Waals surface area (Å²) in [7, 11) is 1.53. The molecule has 1 atom stereocenters. The van der Waals surface area contributed by atoms with Crippen LogP contribution in [0.3, 0.4) is 0 Å². The fourth-order valence-electron chi connectivity index (χ4n) is 1.73. The molecule has 0 saturated heterocycles. The van der Waals surface area contributed by atoms with Crippen LogP contribution in [0.25, 0.3) is 0 Å². The molecule has 1 unspecified atom stereocenters. The number of anilines is 1. The second-order valence-corrected chi connectivity index (χ2v) is 6.02. The van der Waals surface area contributed by atoms with Gasteiger partial charge in [0.1, 0.15) is 17.0 Å². The largest absolute Gasteiger partial charge is 0.497 e. The summed E-state index contributed by atoms with van der Waals surface area (Å²) in [5, 5.41) is 13.0. The lowest BCUT2D eigenvalue weighted by Crippen LogP contribution is -2.33. The van der Waals surface area contributed by atoms with Crippen molar-refractivity contribution < 1.29 is 19.4 Å². The number of methoxy groups -OCH3 is 1. The minimum atomic E-state index is -1.29. The van der Waals surface area contributed by atoms with Crippen molar-refractivity contribution in [2.24, 2.45) is 5.73 Å². The minimum absolute atomic E-state index is 0.00314. The number of carbonyl (C=O) groups is 1. The van der Waals surface area contributed by atoms with Gasteiger partial charge in [-0.2, -0.15) is 0 Å². The van der Waals surface area contributed by atoms with Crippen molar-refractivity contribution in [1.29, 1.82) is 0 Å². The van der Waals surface area contributed by atoms with E-state index in [1.54, 1.807) is 45.9 Å². The Morgan fingerprint density at radius 1 is 1.33 bits per heavy atom. The standard InChI is InChI=1S/C15H24N2O4/c1-14(2,3)21-13(18)17-12-7-6-10(20-5)8-11(12)15(4,19)9-16/h6-8,19H,9,16H2,1-5H3,(H,17,18). The monoisotopic (exact) mass is 296 g/mol. The Morgan fingerprint density at radius 3 is 2.43 bits per heavy atom. The molecule has 0 spiro atoms. The van der Waals surface area contributed by atoms with Crippen LogP contribution in [0.1, 0.15) is 33.3 Å². The van der Waals surface area contributed by atoms with Crippen molar-refractivity contribution in [3.8, 4) is 5.75 Å². The molecule has 0 bridgehead atoms. The summed E-state index contributed by atoms with van der Waals surface area (Å²) in [6, 6.07) is 4.96. The lowest BCUT2D eigenvalue weighted by molar-refractivity contribution is 0.0623. The summed E-state index contributed by atoms with van der Waals surface area (Å²) in [5.41, 5.74) is 4.60. The van der Waals surface area contributed by atoms with Crippen LogP contribution in [0, 0.1) is 0 Å². The first-order chi connectivity index (χ1) is 9.59. The van der Waals surface area contributed by atoms with E-state index in [2.05, 4.69) is 5.32 Å². The molecule has 0 saturated carbocycles. The van der Waals surface area contributed by atoms with Crippen molar-refractivity contribution in [2.75, 3.05) is 19.0 Å². The Morgan fingerprint density at radius 2 is 1.95 bits per heavy atom. The number of ether oxygens (including phenoxy) is 2. The maximum atomic E-state index is 11.9.